The van der Waals surface area contributed by atoms with Gasteiger partial charge in [0.25, 0.3) is 5.91 Å². The number of phenolic OH excluding ortho intramolecular Hbond substituents is 3. The van der Waals surface area contributed by atoms with Crippen LogP contribution in [0.25, 0.3) is 6.08 Å². The molecule has 1 aliphatic rings. The lowest BCUT2D eigenvalue weighted by molar-refractivity contribution is -0.127. The Morgan fingerprint density at radius 2 is 1.61 bits per heavy atom. The van der Waals surface area contributed by atoms with Crippen molar-refractivity contribution >= 4 is 17.9 Å². The number of aromatic hydroxyl groups is 3. The minimum Gasteiger partial charge on any atom is -0.504 e. The Kier molecular flexibility index (Phi) is 7.50. The zero-order chi connectivity index (χ0) is 22.2. The third kappa shape index (κ3) is 6.23. The summed E-state index contributed by atoms with van der Waals surface area (Å²) < 4.78 is 0. The number of carbonyl (C=O) groups excluding carboxylic acids is 2. The number of benzene rings is 2. The minimum absolute atomic E-state index is 0.0103. The molecule has 0 unspecified atom stereocenters. The summed E-state index contributed by atoms with van der Waals surface area (Å²) in [6.07, 6.45) is 4.16. The average Bonchev–Trinajstić information content (AvgIpc) is 2.79. The Bertz CT molecular complexity index is 914. The van der Waals surface area contributed by atoms with Crippen molar-refractivity contribution in [2.75, 3.05) is 39.3 Å². The molecule has 1 heterocycles. The number of amides is 2. The van der Waals surface area contributed by atoms with E-state index < -0.39 is 23.2 Å². The summed E-state index contributed by atoms with van der Waals surface area (Å²) in [4.78, 5) is 28.5. The second-order valence-corrected chi connectivity index (χ2v) is 7.38. The van der Waals surface area contributed by atoms with Crippen molar-refractivity contribution in [2.45, 2.75) is 6.42 Å². The molecule has 0 bridgehead atoms. The Labute approximate surface area is 181 Å². The summed E-state index contributed by atoms with van der Waals surface area (Å²) in [6.45, 7) is 4.10. The maximum atomic E-state index is 12.3. The molecule has 2 aromatic rings. The predicted molar refractivity (Wildman–Crippen MR) is 117 cm³/mol. The van der Waals surface area contributed by atoms with Crippen LogP contribution in [0.2, 0.25) is 0 Å². The van der Waals surface area contributed by atoms with Crippen molar-refractivity contribution in [1.82, 2.24) is 15.1 Å². The van der Waals surface area contributed by atoms with E-state index in [1.54, 1.807) is 6.08 Å². The Morgan fingerprint density at radius 1 is 0.968 bits per heavy atom. The van der Waals surface area contributed by atoms with Gasteiger partial charge in [-0.05, 0) is 36.7 Å². The van der Waals surface area contributed by atoms with E-state index >= 15 is 0 Å². The molecule has 164 valence electrons. The van der Waals surface area contributed by atoms with Crippen LogP contribution in [0.3, 0.4) is 0 Å². The number of hydrogen-bond acceptors (Lipinski definition) is 6. The standard InChI is InChI=1S/C23H27N3O5/c27-19-15-18(16-20(28)22(19)30)23(31)24-9-4-10-25-11-13-26(14-12-25)21(29)8-7-17-5-2-1-3-6-17/h1-3,5-8,15-16,27-28,30H,4,9-14H2,(H,24,31)/b8-7+. The zero-order valence-corrected chi connectivity index (χ0v) is 17.2. The van der Waals surface area contributed by atoms with E-state index in [-0.39, 0.29) is 11.5 Å². The SMILES string of the molecule is O=C(NCCCN1CCN(C(=O)/C=C/c2ccccc2)CC1)c1cc(O)c(O)c(O)c1. The van der Waals surface area contributed by atoms with Gasteiger partial charge in [0.2, 0.25) is 5.91 Å². The van der Waals surface area contributed by atoms with Crippen LogP contribution < -0.4 is 5.32 Å². The molecule has 0 aromatic heterocycles. The summed E-state index contributed by atoms with van der Waals surface area (Å²) >= 11 is 0. The smallest absolute Gasteiger partial charge is 0.251 e. The van der Waals surface area contributed by atoms with Crippen LogP contribution in [-0.4, -0.2) is 76.2 Å². The maximum absolute atomic E-state index is 12.3. The average molecular weight is 425 g/mol. The first-order valence-corrected chi connectivity index (χ1v) is 10.2. The van der Waals surface area contributed by atoms with Gasteiger partial charge >= 0.3 is 0 Å². The highest BCUT2D eigenvalue weighted by Crippen LogP contribution is 2.35. The number of hydrogen-bond donors (Lipinski definition) is 4. The Hall–Kier alpha value is -3.52. The minimum atomic E-state index is -0.648. The first kappa shape index (κ1) is 22.2. The van der Waals surface area contributed by atoms with Gasteiger partial charge in [0.1, 0.15) is 0 Å². The first-order chi connectivity index (χ1) is 14.9. The quantitative estimate of drug-likeness (QED) is 0.306. The second kappa shape index (κ2) is 10.5. The molecule has 0 radical (unpaired) electrons. The highest BCUT2D eigenvalue weighted by molar-refractivity contribution is 5.95. The highest BCUT2D eigenvalue weighted by Gasteiger charge is 2.19. The Balaban J connectivity index is 1.35. The van der Waals surface area contributed by atoms with Gasteiger partial charge < -0.3 is 25.5 Å². The van der Waals surface area contributed by atoms with E-state index in [0.717, 1.165) is 43.8 Å². The monoisotopic (exact) mass is 425 g/mol. The highest BCUT2D eigenvalue weighted by atomic mass is 16.3. The summed E-state index contributed by atoms with van der Waals surface area (Å²) in [7, 11) is 0. The Morgan fingerprint density at radius 3 is 2.26 bits per heavy atom. The molecule has 1 fully saturated rings. The van der Waals surface area contributed by atoms with Crippen molar-refractivity contribution < 1.29 is 24.9 Å². The van der Waals surface area contributed by atoms with Crippen molar-refractivity contribution in [3.05, 3.63) is 59.7 Å². The summed E-state index contributed by atoms with van der Waals surface area (Å²) in [6, 6.07) is 11.9. The number of nitrogens with zero attached hydrogens (tertiary/aromatic N) is 2. The normalized spacial score (nSPS) is 14.6. The fraction of sp³-hybridized carbons (Fsp3) is 0.304. The molecule has 0 saturated carbocycles. The molecule has 0 spiro atoms. The lowest BCUT2D eigenvalue weighted by Crippen LogP contribution is -2.48. The molecule has 0 aliphatic carbocycles. The lowest BCUT2D eigenvalue weighted by Gasteiger charge is -2.34. The number of piperazine rings is 1. The summed E-state index contributed by atoms with van der Waals surface area (Å²) in [5.74, 6) is -2.17. The van der Waals surface area contributed by atoms with Crippen LogP contribution in [0.15, 0.2) is 48.5 Å². The molecule has 1 saturated heterocycles. The van der Waals surface area contributed by atoms with Crippen LogP contribution in [0, 0.1) is 0 Å². The van der Waals surface area contributed by atoms with E-state index in [9.17, 15) is 24.9 Å². The van der Waals surface area contributed by atoms with Gasteiger partial charge in [-0.3, -0.25) is 14.5 Å². The third-order valence-corrected chi connectivity index (χ3v) is 5.17. The van der Waals surface area contributed by atoms with Crippen molar-refractivity contribution in [2.24, 2.45) is 0 Å². The molecule has 2 aromatic carbocycles. The predicted octanol–water partition coefficient (Wildman–Crippen LogP) is 1.78. The summed E-state index contributed by atoms with van der Waals surface area (Å²) in [5.41, 5.74) is 1.07. The van der Waals surface area contributed by atoms with Gasteiger partial charge in [0, 0.05) is 44.4 Å². The number of nitrogens with one attached hydrogen (secondary N) is 1. The molecule has 0 atom stereocenters. The molecular formula is C23H27N3O5. The van der Waals surface area contributed by atoms with Crippen molar-refractivity contribution in [3.63, 3.8) is 0 Å². The number of phenols is 3. The molecule has 31 heavy (non-hydrogen) atoms. The maximum Gasteiger partial charge on any atom is 0.251 e. The molecular weight excluding hydrogens is 398 g/mol. The van der Waals surface area contributed by atoms with E-state index in [1.165, 1.54) is 0 Å². The third-order valence-electron chi connectivity index (χ3n) is 5.17. The van der Waals surface area contributed by atoms with Crippen LogP contribution in [-0.2, 0) is 4.79 Å². The van der Waals surface area contributed by atoms with Gasteiger partial charge in [-0.2, -0.15) is 0 Å². The van der Waals surface area contributed by atoms with E-state index in [2.05, 4.69) is 10.2 Å². The lowest BCUT2D eigenvalue weighted by atomic mass is 10.1. The van der Waals surface area contributed by atoms with Gasteiger partial charge in [0.05, 0.1) is 0 Å². The summed E-state index contributed by atoms with van der Waals surface area (Å²) in [5, 5.41) is 31.1. The van der Waals surface area contributed by atoms with Crippen LogP contribution in [0.5, 0.6) is 17.2 Å². The van der Waals surface area contributed by atoms with Crippen LogP contribution in [0.1, 0.15) is 22.3 Å². The second-order valence-electron chi connectivity index (χ2n) is 7.38. The van der Waals surface area contributed by atoms with Crippen LogP contribution in [0.4, 0.5) is 0 Å². The molecule has 2 amide bonds. The van der Waals surface area contributed by atoms with Crippen LogP contribution >= 0.6 is 0 Å². The molecule has 3 rings (SSSR count). The number of rotatable bonds is 7. The van der Waals surface area contributed by atoms with Gasteiger partial charge in [-0.15, -0.1) is 0 Å². The first-order valence-electron chi connectivity index (χ1n) is 10.2. The van der Waals surface area contributed by atoms with Gasteiger partial charge in [0.15, 0.2) is 17.2 Å². The largest absolute Gasteiger partial charge is 0.504 e. The fourth-order valence-corrected chi connectivity index (χ4v) is 3.37. The molecule has 8 nitrogen and oxygen atoms in total. The van der Waals surface area contributed by atoms with E-state index in [0.29, 0.717) is 19.6 Å². The number of carbonyl (C=O) groups is 2. The van der Waals surface area contributed by atoms with Crippen molar-refractivity contribution in [1.29, 1.82) is 0 Å². The zero-order valence-electron chi connectivity index (χ0n) is 17.2. The molecule has 8 heteroatoms. The van der Waals surface area contributed by atoms with Crippen molar-refractivity contribution in [3.8, 4) is 17.2 Å². The van der Waals surface area contributed by atoms with Gasteiger partial charge in [-0.1, -0.05) is 30.3 Å². The van der Waals surface area contributed by atoms with E-state index in [4.69, 9.17) is 0 Å². The molecule has 1 aliphatic heterocycles. The van der Waals surface area contributed by atoms with E-state index in [1.807, 2.05) is 41.3 Å². The fourth-order valence-electron chi connectivity index (χ4n) is 3.37. The molecule has 4 N–H and O–H groups in total. The topological polar surface area (TPSA) is 113 Å². The van der Waals surface area contributed by atoms with Gasteiger partial charge in [-0.25, -0.2) is 0 Å².